The third kappa shape index (κ3) is 2.80. The minimum Gasteiger partial charge on any atom is -0.488 e. The zero-order valence-electron chi connectivity index (χ0n) is 13.2. The van der Waals surface area contributed by atoms with Gasteiger partial charge < -0.3 is 10.1 Å². The van der Waals surface area contributed by atoms with Gasteiger partial charge in [0.2, 0.25) is 0 Å². The van der Waals surface area contributed by atoms with E-state index in [1.54, 1.807) is 6.20 Å². The average Bonchev–Trinajstić information content (AvgIpc) is 3.23. The molecular weight excluding hydrogens is 322 g/mol. The number of rotatable bonds is 4. The van der Waals surface area contributed by atoms with Crippen LogP contribution in [0.5, 0.6) is 5.75 Å². The number of amides is 1. The molecule has 0 spiro atoms. The summed E-state index contributed by atoms with van der Waals surface area (Å²) in [5, 5.41) is 7.20. The van der Waals surface area contributed by atoms with Crippen molar-refractivity contribution in [2.75, 3.05) is 0 Å². The number of carbonyl (C=O) groups excluding carboxylic acids is 1. The Hall–Kier alpha value is -2.60. The molecule has 0 radical (unpaired) electrons. The predicted octanol–water partition coefficient (Wildman–Crippen LogP) is 3.32. The molecule has 2 aromatic heterocycles. The topological polar surface area (TPSA) is 56.2 Å². The fourth-order valence-electron chi connectivity index (χ4n) is 2.84. The average molecular weight is 339 g/mol. The Morgan fingerprint density at radius 3 is 3.12 bits per heavy atom. The van der Waals surface area contributed by atoms with Gasteiger partial charge in [-0.25, -0.2) is 0 Å². The van der Waals surface area contributed by atoms with Crippen molar-refractivity contribution in [3.8, 4) is 16.2 Å². The summed E-state index contributed by atoms with van der Waals surface area (Å²) in [4.78, 5) is 14.4. The molecule has 1 aliphatic rings. The smallest absolute Gasteiger partial charge is 0.261 e. The SMILES string of the molecule is CC(Cn1cccn1)NC(=O)c1cc2c(s1)-c1ccccc1OC2. The van der Waals surface area contributed by atoms with Crippen LogP contribution in [0.4, 0.5) is 0 Å². The summed E-state index contributed by atoms with van der Waals surface area (Å²) in [5.74, 6) is 0.831. The van der Waals surface area contributed by atoms with Crippen LogP contribution in [-0.2, 0) is 13.2 Å². The predicted molar refractivity (Wildman–Crippen MR) is 93.2 cm³/mol. The van der Waals surface area contributed by atoms with Gasteiger partial charge in [0.15, 0.2) is 0 Å². The van der Waals surface area contributed by atoms with Crippen LogP contribution >= 0.6 is 11.3 Å². The molecule has 0 saturated carbocycles. The zero-order chi connectivity index (χ0) is 16.5. The Kier molecular flexibility index (Phi) is 3.82. The van der Waals surface area contributed by atoms with E-state index < -0.39 is 0 Å². The Balaban J connectivity index is 1.52. The van der Waals surface area contributed by atoms with Crippen molar-refractivity contribution >= 4 is 17.2 Å². The van der Waals surface area contributed by atoms with Gasteiger partial charge in [0.05, 0.1) is 11.4 Å². The van der Waals surface area contributed by atoms with Gasteiger partial charge in [0, 0.05) is 34.4 Å². The molecule has 1 unspecified atom stereocenters. The van der Waals surface area contributed by atoms with E-state index in [2.05, 4.69) is 10.4 Å². The van der Waals surface area contributed by atoms with Gasteiger partial charge in [0.25, 0.3) is 5.91 Å². The highest BCUT2D eigenvalue weighted by atomic mass is 32.1. The van der Waals surface area contributed by atoms with Gasteiger partial charge >= 0.3 is 0 Å². The fraction of sp³-hybridized carbons (Fsp3) is 0.222. The summed E-state index contributed by atoms with van der Waals surface area (Å²) in [6, 6.07) is 11.8. The number of nitrogens with one attached hydrogen (secondary N) is 1. The standard InChI is InChI=1S/C18H17N3O2S/c1-12(10-21-8-4-7-19-21)20-18(22)16-9-13-11-23-15-6-3-2-5-14(15)17(13)24-16/h2-9,12H,10-11H2,1H3,(H,20,22). The molecule has 1 atom stereocenters. The van der Waals surface area contributed by atoms with Gasteiger partial charge in [-0.1, -0.05) is 12.1 Å². The Morgan fingerprint density at radius 1 is 1.42 bits per heavy atom. The highest BCUT2D eigenvalue weighted by Gasteiger charge is 2.22. The van der Waals surface area contributed by atoms with Crippen molar-refractivity contribution in [1.82, 2.24) is 15.1 Å². The highest BCUT2D eigenvalue weighted by molar-refractivity contribution is 7.17. The molecule has 0 aliphatic carbocycles. The lowest BCUT2D eigenvalue weighted by atomic mass is 10.1. The molecule has 4 rings (SSSR count). The number of aromatic nitrogens is 2. The van der Waals surface area contributed by atoms with E-state index in [1.165, 1.54) is 11.3 Å². The number of benzene rings is 1. The van der Waals surface area contributed by atoms with Crippen LogP contribution in [0, 0.1) is 0 Å². The normalized spacial score (nSPS) is 13.5. The number of nitrogens with zero attached hydrogens (tertiary/aromatic N) is 2. The minimum absolute atomic E-state index is 0.0000596. The Morgan fingerprint density at radius 2 is 2.29 bits per heavy atom. The van der Waals surface area contributed by atoms with Crippen molar-refractivity contribution in [3.63, 3.8) is 0 Å². The van der Waals surface area contributed by atoms with Crippen molar-refractivity contribution < 1.29 is 9.53 Å². The maximum atomic E-state index is 12.5. The number of carbonyl (C=O) groups is 1. The lowest BCUT2D eigenvalue weighted by molar-refractivity contribution is 0.0940. The molecular formula is C18H17N3O2S. The number of thiophene rings is 1. The molecule has 0 fully saturated rings. The minimum atomic E-state index is -0.0495. The van der Waals surface area contributed by atoms with E-state index in [1.807, 2.05) is 54.2 Å². The third-order valence-electron chi connectivity index (χ3n) is 3.95. The number of ether oxygens (including phenoxy) is 1. The first-order chi connectivity index (χ1) is 11.7. The van der Waals surface area contributed by atoms with Crippen molar-refractivity contribution in [1.29, 1.82) is 0 Å². The largest absolute Gasteiger partial charge is 0.488 e. The lowest BCUT2D eigenvalue weighted by Gasteiger charge is -2.16. The number of hydrogen-bond acceptors (Lipinski definition) is 4. The first kappa shape index (κ1) is 15.0. The van der Waals surface area contributed by atoms with Crippen LogP contribution in [-0.4, -0.2) is 21.7 Å². The summed E-state index contributed by atoms with van der Waals surface area (Å²) >= 11 is 1.52. The second-order valence-electron chi connectivity index (χ2n) is 5.85. The van der Waals surface area contributed by atoms with Gasteiger partial charge in [-0.05, 0) is 31.2 Å². The van der Waals surface area contributed by atoms with E-state index >= 15 is 0 Å². The quantitative estimate of drug-likeness (QED) is 0.793. The molecule has 1 aromatic carbocycles. The monoisotopic (exact) mass is 339 g/mol. The fourth-order valence-corrected chi connectivity index (χ4v) is 3.94. The zero-order valence-corrected chi connectivity index (χ0v) is 14.0. The Labute approximate surface area is 143 Å². The first-order valence-electron chi connectivity index (χ1n) is 7.84. The number of para-hydroxylation sites is 1. The van der Waals surface area contributed by atoms with E-state index in [-0.39, 0.29) is 11.9 Å². The van der Waals surface area contributed by atoms with Crippen LogP contribution in [0.3, 0.4) is 0 Å². The van der Waals surface area contributed by atoms with Crippen LogP contribution in [0.2, 0.25) is 0 Å². The number of hydrogen-bond donors (Lipinski definition) is 1. The van der Waals surface area contributed by atoms with Gasteiger partial charge in [-0.15, -0.1) is 11.3 Å². The molecule has 5 nitrogen and oxygen atoms in total. The molecule has 6 heteroatoms. The third-order valence-corrected chi connectivity index (χ3v) is 5.15. The Bertz CT molecular complexity index is 870. The molecule has 24 heavy (non-hydrogen) atoms. The maximum absolute atomic E-state index is 12.5. The van der Waals surface area contributed by atoms with Crippen molar-refractivity contribution in [2.24, 2.45) is 0 Å². The van der Waals surface area contributed by atoms with E-state index in [4.69, 9.17) is 4.74 Å². The molecule has 0 bridgehead atoms. The van der Waals surface area contributed by atoms with Crippen LogP contribution < -0.4 is 10.1 Å². The molecule has 1 N–H and O–H groups in total. The number of fused-ring (bicyclic) bond motifs is 3. The maximum Gasteiger partial charge on any atom is 0.261 e. The van der Waals surface area contributed by atoms with Crippen molar-refractivity contribution in [2.45, 2.75) is 26.1 Å². The second kappa shape index (κ2) is 6.13. The summed E-state index contributed by atoms with van der Waals surface area (Å²) < 4.78 is 7.57. The molecule has 1 aliphatic heterocycles. The first-order valence-corrected chi connectivity index (χ1v) is 8.65. The van der Waals surface area contributed by atoms with Gasteiger partial charge in [0.1, 0.15) is 12.4 Å². The van der Waals surface area contributed by atoms with E-state index in [0.29, 0.717) is 18.0 Å². The summed E-state index contributed by atoms with van der Waals surface area (Å²) in [6.45, 7) is 3.14. The molecule has 1 amide bonds. The van der Waals surface area contributed by atoms with E-state index in [0.717, 1.165) is 21.8 Å². The lowest BCUT2D eigenvalue weighted by Crippen LogP contribution is -2.35. The molecule has 3 heterocycles. The molecule has 122 valence electrons. The molecule has 0 saturated heterocycles. The molecule has 3 aromatic rings. The van der Waals surface area contributed by atoms with Gasteiger partial charge in [-0.3, -0.25) is 9.48 Å². The van der Waals surface area contributed by atoms with E-state index in [9.17, 15) is 4.79 Å². The summed E-state index contributed by atoms with van der Waals surface area (Å²) in [5.41, 5.74) is 2.14. The summed E-state index contributed by atoms with van der Waals surface area (Å²) in [6.07, 6.45) is 3.63. The van der Waals surface area contributed by atoms with Crippen molar-refractivity contribution in [3.05, 3.63) is 59.2 Å². The van der Waals surface area contributed by atoms with Gasteiger partial charge in [-0.2, -0.15) is 5.10 Å². The van der Waals surface area contributed by atoms with Crippen LogP contribution in [0.15, 0.2) is 48.8 Å². The van der Waals surface area contributed by atoms with Crippen LogP contribution in [0.1, 0.15) is 22.2 Å². The second-order valence-corrected chi connectivity index (χ2v) is 6.90. The highest BCUT2D eigenvalue weighted by Crippen LogP contribution is 2.42. The van der Waals surface area contributed by atoms with Crippen LogP contribution in [0.25, 0.3) is 10.4 Å². The summed E-state index contributed by atoms with van der Waals surface area (Å²) in [7, 11) is 0.